The third-order valence-corrected chi connectivity index (χ3v) is 5.61. The lowest BCUT2D eigenvalue weighted by Crippen LogP contribution is -2.26. The first-order chi connectivity index (χ1) is 13.0. The van der Waals surface area contributed by atoms with Crippen LogP contribution in [-0.2, 0) is 20.9 Å². The molecule has 0 radical (unpaired) electrons. The average Bonchev–Trinajstić information content (AvgIpc) is 3.25. The van der Waals surface area contributed by atoms with E-state index in [-0.39, 0.29) is 31.3 Å². The number of ether oxygens (including phenoxy) is 1. The second-order valence-electron chi connectivity index (χ2n) is 6.52. The molecular weight excluding hydrogens is 367 g/mol. The van der Waals surface area contributed by atoms with Gasteiger partial charge in [0.2, 0.25) is 5.91 Å². The highest BCUT2D eigenvalue weighted by Gasteiger charge is 2.36. The Kier molecular flexibility index (Phi) is 4.61. The van der Waals surface area contributed by atoms with Gasteiger partial charge in [-0.3, -0.25) is 9.59 Å². The van der Waals surface area contributed by atoms with Crippen molar-refractivity contribution in [3.8, 4) is 0 Å². The molecule has 5 nitrogen and oxygen atoms in total. The summed E-state index contributed by atoms with van der Waals surface area (Å²) >= 11 is 1.48. The van der Waals surface area contributed by atoms with Gasteiger partial charge in [-0.15, -0.1) is 11.3 Å². The lowest BCUT2D eigenvalue weighted by atomic mass is 10.1. The molecule has 1 aromatic heterocycles. The molecule has 0 N–H and O–H groups in total. The number of para-hydroxylation sites is 1. The summed E-state index contributed by atoms with van der Waals surface area (Å²) in [5.41, 5.74) is 1.85. The summed E-state index contributed by atoms with van der Waals surface area (Å²) < 4.78 is 20.2. The zero-order valence-corrected chi connectivity index (χ0v) is 15.5. The molecule has 7 heteroatoms. The minimum atomic E-state index is -0.559. The lowest BCUT2D eigenvalue weighted by Gasteiger charge is -2.17. The number of anilines is 1. The maximum Gasteiger partial charge on any atom is 0.311 e. The zero-order chi connectivity index (χ0) is 19.0. The maximum atomic E-state index is 13.8. The number of esters is 1. The van der Waals surface area contributed by atoms with Crippen LogP contribution < -0.4 is 4.90 Å². The number of benzene rings is 2. The predicted molar refractivity (Wildman–Crippen MR) is 101 cm³/mol. The number of aryl methyl sites for hydroxylation is 1. The van der Waals surface area contributed by atoms with Crippen molar-refractivity contribution in [3.05, 3.63) is 58.9 Å². The molecule has 3 aromatic rings. The number of hydrogen-bond donors (Lipinski definition) is 0. The van der Waals surface area contributed by atoms with Crippen molar-refractivity contribution in [2.45, 2.75) is 20.0 Å². The zero-order valence-electron chi connectivity index (χ0n) is 14.6. The quantitative estimate of drug-likeness (QED) is 0.642. The fraction of sp³-hybridized carbons (Fsp3) is 0.250. The van der Waals surface area contributed by atoms with Crippen LogP contribution in [0.4, 0.5) is 10.1 Å². The summed E-state index contributed by atoms with van der Waals surface area (Å²) in [4.78, 5) is 30.5. The van der Waals surface area contributed by atoms with Crippen molar-refractivity contribution in [1.29, 1.82) is 0 Å². The van der Waals surface area contributed by atoms with Crippen molar-refractivity contribution in [2.75, 3.05) is 11.4 Å². The van der Waals surface area contributed by atoms with E-state index in [2.05, 4.69) is 4.98 Å². The topological polar surface area (TPSA) is 59.5 Å². The first kappa shape index (κ1) is 17.6. The summed E-state index contributed by atoms with van der Waals surface area (Å²) in [5.74, 6) is -1.57. The number of carbonyl (C=O) groups is 2. The standard InChI is InChI=1S/C20H17FN2O3S/c1-12-6-7-14(9-15(12)21)23-10-13(8-19(23)24)20(25)26-11-18-22-16-4-2-3-5-17(16)27-18/h2-7,9,13H,8,10-11H2,1H3/t13-/m1/s1. The van der Waals surface area contributed by atoms with E-state index in [0.29, 0.717) is 16.3 Å². The lowest BCUT2D eigenvalue weighted by molar-refractivity contribution is -0.149. The predicted octanol–water partition coefficient (Wildman–Crippen LogP) is 3.84. The number of amides is 1. The van der Waals surface area contributed by atoms with Gasteiger partial charge in [0, 0.05) is 18.7 Å². The molecule has 1 aliphatic rings. The van der Waals surface area contributed by atoms with E-state index >= 15 is 0 Å². The van der Waals surface area contributed by atoms with Crippen LogP contribution in [0.15, 0.2) is 42.5 Å². The number of halogens is 1. The van der Waals surface area contributed by atoms with Crippen molar-refractivity contribution in [1.82, 2.24) is 4.98 Å². The third kappa shape index (κ3) is 3.55. The molecule has 1 saturated heterocycles. The van der Waals surface area contributed by atoms with Gasteiger partial charge in [0.1, 0.15) is 17.4 Å². The molecule has 1 aliphatic heterocycles. The number of thiazole rings is 1. The van der Waals surface area contributed by atoms with Gasteiger partial charge in [0.05, 0.1) is 16.1 Å². The monoisotopic (exact) mass is 384 g/mol. The summed E-state index contributed by atoms with van der Waals surface area (Å²) in [6.07, 6.45) is 0.0637. The second kappa shape index (κ2) is 7.08. The molecule has 1 atom stereocenters. The molecule has 27 heavy (non-hydrogen) atoms. The Morgan fingerprint density at radius 3 is 2.93 bits per heavy atom. The minimum Gasteiger partial charge on any atom is -0.458 e. The number of rotatable bonds is 4. The van der Waals surface area contributed by atoms with E-state index in [9.17, 15) is 14.0 Å². The van der Waals surface area contributed by atoms with E-state index in [0.717, 1.165) is 10.2 Å². The Labute approximate surface area is 159 Å². The van der Waals surface area contributed by atoms with Crippen molar-refractivity contribution in [2.24, 2.45) is 5.92 Å². The Balaban J connectivity index is 1.40. The van der Waals surface area contributed by atoms with E-state index < -0.39 is 11.9 Å². The molecule has 138 valence electrons. The van der Waals surface area contributed by atoms with Crippen molar-refractivity contribution >= 4 is 39.1 Å². The van der Waals surface area contributed by atoms with Crippen LogP contribution in [0.3, 0.4) is 0 Å². The highest BCUT2D eigenvalue weighted by Crippen LogP contribution is 2.28. The van der Waals surface area contributed by atoms with E-state index in [1.54, 1.807) is 19.1 Å². The Morgan fingerprint density at radius 1 is 1.33 bits per heavy atom. The summed E-state index contributed by atoms with van der Waals surface area (Å²) in [7, 11) is 0. The van der Waals surface area contributed by atoms with Gasteiger partial charge in [0.15, 0.2) is 0 Å². The summed E-state index contributed by atoms with van der Waals surface area (Å²) in [6.45, 7) is 1.94. The summed E-state index contributed by atoms with van der Waals surface area (Å²) in [5, 5.41) is 0.714. The number of aromatic nitrogens is 1. The van der Waals surface area contributed by atoms with Gasteiger partial charge >= 0.3 is 5.97 Å². The van der Waals surface area contributed by atoms with E-state index in [1.807, 2.05) is 24.3 Å². The highest BCUT2D eigenvalue weighted by molar-refractivity contribution is 7.18. The van der Waals surface area contributed by atoms with Gasteiger partial charge in [-0.2, -0.15) is 0 Å². The van der Waals surface area contributed by atoms with Crippen LogP contribution in [0.25, 0.3) is 10.2 Å². The number of carbonyl (C=O) groups excluding carboxylic acids is 2. The fourth-order valence-corrected chi connectivity index (χ4v) is 3.98. The molecular formula is C20H17FN2O3S. The Hall–Kier alpha value is -2.80. The largest absolute Gasteiger partial charge is 0.458 e. The highest BCUT2D eigenvalue weighted by atomic mass is 32.1. The molecule has 0 unspecified atom stereocenters. The van der Waals surface area contributed by atoms with Gasteiger partial charge in [-0.1, -0.05) is 18.2 Å². The normalized spacial score (nSPS) is 16.9. The smallest absolute Gasteiger partial charge is 0.311 e. The summed E-state index contributed by atoms with van der Waals surface area (Å²) in [6, 6.07) is 12.3. The van der Waals surface area contributed by atoms with E-state index in [1.165, 1.54) is 22.3 Å². The van der Waals surface area contributed by atoms with Crippen LogP contribution in [0.5, 0.6) is 0 Å². The van der Waals surface area contributed by atoms with E-state index in [4.69, 9.17) is 4.74 Å². The number of hydrogen-bond acceptors (Lipinski definition) is 5. The van der Waals surface area contributed by atoms with Gasteiger partial charge in [0.25, 0.3) is 0 Å². The minimum absolute atomic E-state index is 0.0637. The van der Waals surface area contributed by atoms with Crippen molar-refractivity contribution < 1.29 is 18.7 Å². The van der Waals surface area contributed by atoms with Gasteiger partial charge in [-0.05, 0) is 36.8 Å². The average molecular weight is 384 g/mol. The molecule has 2 aromatic carbocycles. The first-order valence-corrected chi connectivity index (χ1v) is 9.40. The van der Waals surface area contributed by atoms with Crippen molar-refractivity contribution in [3.63, 3.8) is 0 Å². The molecule has 4 rings (SSSR count). The molecule has 0 saturated carbocycles. The molecule has 2 heterocycles. The number of nitrogens with zero attached hydrogens (tertiary/aromatic N) is 2. The maximum absolute atomic E-state index is 13.8. The molecule has 0 bridgehead atoms. The Bertz CT molecular complexity index is 1000. The van der Waals surface area contributed by atoms with Crippen LogP contribution in [0, 0.1) is 18.7 Å². The first-order valence-electron chi connectivity index (χ1n) is 8.59. The van der Waals surface area contributed by atoms with Crippen LogP contribution in [0.2, 0.25) is 0 Å². The third-order valence-electron chi connectivity index (χ3n) is 4.60. The van der Waals surface area contributed by atoms with Gasteiger partial charge < -0.3 is 9.64 Å². The van der Waals surface area contributed by atoms with Crippen LogP contribution >= 0.6 is 11.3 Å². The SMILES string of the molecule is Cc1ccc(N2C[C@H](C(=O)OCc3nc4ccccc4s3)CC2=O)cc1F. The molecule has 0 aliphatic carbocycles. The fourth-order valence-electron chi connectivity index (χ4n) is 3.10. The Morgan fingerprint density at radius 2 is 2.15 bits per heavy atom. The van der Waals surface area contributed by atoms with Gasteiger partial charge in [-0.25, -0.2) is 9.37 Å². The molecule has 1 amide bonds. The van der Waals surface area contributed by atoms with Crippen LogP contribution in [-0.4, -0.2) is 23.4 Å². The number of fused-ring (bicyclic) bond motifs is 1. The second-order valence-corrected chi connectivity index (χ2v) is 7.64. The molecule has 1 fully saturated rings. The molecule has 0 spiro atoms. The van der Waals surface area contributed by atoms with Crippen LogP contribution in [0.1, 0.15) is 17.0 Å².